The molecule has 2 amide bonds. The molecule has 2 fully saturated rings. The van der Waals surface area contributed by atoms with Gasteiger partial charge < -0.3 is 10.4 Å². The van der Waals surface area contributed by atoms with Gasteiger partial charge in [0, 0.05) is 23.9 Å². The van der Waals surface area contributed by atoms with Gasteiger partial charge in [-0.15, -0.1) is 11.3 Å². The van der Waals surface area contributed by atoms with Crippen LogP contribution in [0.4, 0.5) is 8.78 Å². The zero-order valence-electron chi connectivity index (χ0n) is 18.5. The molecule has 1 aliphatic heterocycles. The molecule has 1 aromatic heterocycles. The Kier molecular flexibility index (Phi) is 7.98. The number of nitrogens with one attached hydrogen (secondary N) is 1. The molecule has 11 heteroatoms. The summed E-state index contributed by atoms with van der Waals surface area (Å²) < 4.78 is 27.1. The molecule has 184 valence electrons. The number of nitrogens with zero attached hydrogens (tertiary/aromatic N) is 1. The molecule has 2 atom stereocenters. The Morgan fingerprint density at radius 2 is 2.00 bits per heavy atom. The summed E-state index contributed by atoms with van der Waals surface area (Å²) in [7, 11) is 0. The van der Waals surface area contributed by atoms with Crippen molar-refractivity contribution >= 4 is 63.5 Å². The Labute approximate surface area is 214 Å². The molecule has 0 spiro atoms. The molecule has 6 nitrogen and oxygen atoms in total. The lowest BCUT2D eigenvalue weighted by Gasteiger charge is -2.27. The first-order chi connectivity index (χ1) is 16.7. The van der Waals surface area contributed by atoms with E-state index in [0.29, 0.717) is 33.2 Å². The third-order valence-electron chi connectivity index (χ3n) is 5.97. The average molecular weight is 537 g/mol. The van der Waals surface area contributed by atoms with E-state index in [4.69, 9.17) is 12.2 Å². The van der Waals surface area contributed by atoms with Gasteiger partial charge in [-0.25, -0.2) is 8.78 Å². The monoisotopic (exact) mass is 536 g/mol. The van der Waals surface area contributed by atoms with Crippen LogP contribution in [0.1, 0.15) is 37.0 Å². The van der Waals surface area contributed by atoms with E-state index in [9.17, 15) is 28.3 Å². The number of amides is 2. The van der Waals surface area contributed by atoms with E-state index >= 15 is 0 Å². The highest BCUT2D eigenvalue weighted by molar-refractivity contribution is 8.26. The van der Waals surface area contributed by atoms with Gasteiger partial charge in [-0.2, -0.15) is 0 Å². The Morgan fingerprint density at radius 1 is 1.20 bits per heavy atom. The third-order valence-corrected chi connectivity index (χ3v) is 8.23. The topological polar surface area (TPSA) is 86.7 Å². The SMILES string of the molecule is O=C(CCN1C(=O)/C(=C/c2cc(-c3ccc(F)c(F)c3)cs2)SC1=S)N[C@@H]1CCC[C@@H](C(=O)O)C1. The second-order valence-corrected chi connectivity index (χ2v) is 11.0. The minimum Gasteiger partial charge on any atom is -0.481 e. The first kappa shape index (κ1) is 25.5. The van der Waals surface area contributed by atoms with Crippen LogP contribution < -0.4 is 5.32 Å². The number of rotatable bonds is 7. The van der Waals surface area contributed by atoms with Gasteiger partial charge in [0.05, 0.1) is 10.8 Å². The molecule has 0 radical (unpaired) electrons. The van der Waals surface area contributed by atoms with Crippen LogP contribution in [0.3, 0.4) is 0 Å². The van der Waals surface area contributed by atoms with Gasteiger partial charge in [-0.05, 0) is 60.0 Å². The average Bonchev–Trinajstić information content (AvgIpc) is 3.39. The highest BCUT2D eigenvalue weighted by atomic mass is 32.2. The van der Waals surface area contributed by atoms with E-state index in [1.54, 1.807) is 17.5 Å². The molecule has 4 rings (SSSR count). The van der Waals surface area contributed by atoms with Gasteiger partial charge in [0.1, 0.15) is 4.32 Å². The molecule has 1 saturated heterocycles. The molecule has 2 aromatic rings. The number of hydrogen-bond donors (Lipinski definition) is 2. The minimum absolute atomic E-state index is 0.0627. The number of carboxylic acids is 1. The van der Waals surface area contributed by atoms with Crippen LogP contribution in [0, 0.1) is 17.6 Å². The van der Waals surface area contributed by atoms with Crippen LogP contribution in [0.2, 0.25) is 0 Å². The second kappa shape index (κ2) is 11.0. The fourth-order valence-corrected chi connectivity index (χ4v) is 6.36. The number of halogens is 2. The second-order valence-electron chi connectivity index (χ2n) is 8.42. The van der Waals surface area contributed by atoms with Crippen LogP contribution in [0.25, 0.3) is 17.2 Å². The maximum absolute atomic E-state index is 13.5. The van der Waals surface area contributed by atoms with E-state index in [0.717, 1.165) is 41.6 Å². The summed E-state index contributed by atoms with van der Waals surface area (Å²) in [6.07, 6.45) is 4.29. The van der Waals surface area contributed by atoms with Gasteiger partial charge >= 0.3 is 5.97 Å². The first-order valence-electron chi connectivity index (χ1n) is 11.0. The lowest BCUT2D eigenvalue weighted by atomic mass is 9.86. The molecule has 1 aromatic carbocycles. The number of thiophene rings is 1. The number of thiocarbonyl (C=S) groups is 1. The van der Waals surface area contributed by atoms with Crippen LogP contribution in [0.15, 0.2) is 34.6 Å². The van der Waals surface area contributed by atoms with Crippen molar-refractivity contribution in [1.29, 1.82) is 0 Å². The predicted octanol–water partition coefficient (Wildman–Crippen LogP) is 5.04. The van der Waals surface area contributed by atoms with Gasteiger partial charge in [-0.3, -0.25) is 19.3 Å². The summed E-state index contributed by atoms with van der Waals surface area (Å²) in [6, 6.07) is 5.30. The smallest absolute Gasteiger partial charge is 0.306 e. The summed E-state index contributed by atoms with van der Waals surface area (Å²) in [6.45, 7) is 0.132. The van der Waals surface area contributed by atoms with Crippen LogP contribution in [0.5, 0.6) is 0 Å². The molecule has 2 heterocycles. The lowest BCUT2D eigenvalue weighted by molar-refractivity contribution is -0.143. The third kappa shape index (κ3) is 6.14. The number of carbonyl (C=O) groups excluding carboxylic acids is 2. The maximum atomic E-state index is 13.5. The summed E-state index contributed by atoms with van der Waals surface area (Å²) in [4.78, 5) is 39.0. The van der Waals surface area contributed by atoms with Crippen molar-refractivity contribution in [2.75, 3.05) is 6.54 Å². The van der Waals surface area contributed by atoms with E-state index < -0.39 is 23.5 Å². The normalized spacial score (nSPS) is 21.5. The summed E-state index contributed by atoms with van der Waals surface area (Å²) >= 11 is 7.84. The van der Waals surface area contributed by atoms with Gasteiger partial charge in [-0.1, -0.05) is 36.5 Å². The predicted molar refractivity (Wildman–Crippen MR) is 136 cm³/mol. The van der Waals surface area contributed by atoms with E-state index in [1.165, 1.54) is 22.3 Å². The number of thioether (sulfide) groups is 1. The molecule has 1 aliphatic carbocycles. The van der Waals surface area contributed by atoms with Crippen molar-refractivity contribution in [3.8, 4) is 11.1 Å². The van der Waals surface area contributed by atoms with Crippen LogP contribution >= 0.6 is 35.3 Å². The van der Waals surface area contributed by atoms with Crippen molar-refractivity contribution < 1.29 is 28.3 Å². The van der Waals surface area contributed by atoms with Gasteiger partial charge in [0.25, 0.3) is 5.91 Å². The van der Waals surface area contributed by atoms with Gasteiger partial charge in [0.15, 0.2) is 11.6 Å². The highest BCUT2D eigenvalue weighted by Crippen LogP contribution is 2.35. The maximum Gasteiger partial charge on any atom is 0.306 e. The summed E-state index contributed by atoms with van der Waals surface area (Å²) in [5.41, 5.74) is 1.24. The number of benzene rings is 1. The zero-order valence-corrected chi connectivity index (χ0v) is 20.9. The van der Waals surface area contributed by atoms with Crippen molar-refractivity contribution in [2.45, 2.75) is 38.1 Å². The minimum atomic E-state index is -0.926. The lowest BCUT2D eigenvalue weighted by Crippen LogP contribution is -2.41. The van der Waals surface area contributed by atoms with E-state index in [2.05, 4.69) is 5.32 Å². The van der Waals surface area contributed by atoms with Gasteiger partial charge in [0.2, 0.25) is 5.91 Å². The largest absolute Gasteiger partial charge is 0.481 e. The molecule has 0 unspecified atom stereocenters. The van der Waals surface area contributed by atoms with Crippen molar-refractivity contribution in [2.24, 2.45) is 5.92 Å². The van der Waals surface area contributed by atoms with Crippen molar-refractivity contribution in [3.05, 3.63) is 51.1 Å². The quantitative estimate of drug-likeness (QED) is 0.381. The number of aliphatic carboxylic acids is 1. The Hall–Kier alpha value is -2.63. The first-order valence-corrected chi connectivity index (χ1v) is 13.1. The van der Waals surface area contributed by atoms with E-state index in [-0.39, 0.29) is 30.8 Å². The molecular weight excluding hydrogens is 514 g/mol. The fraction of sp³-hybridized carbons (Fsp3) is 0.333. The van der Waals surface area contributed by atoms with Crippen LogP contribution in [-0.2, 0) is 14.4 Å². The molecule has 35 heavy (non-hydrogen) atoms. The molecule has 2 N–H and O–H groups in total. The van der Waals surface area contributed by atoms with Crippen LogP contribution in [-0.4, -0.2) is 44.7 Å². The standard InChI is InChI=1S/C24H22F2N2O4S3/c25-18-5-4-13(10-19(18)26)15-9-17(34-12-15)11-20-22(30)28(24(33)35-20)7-6-21(29)27-16-3-1-2-14(8-16)23(31)32/h4-5,9-12,14,16H,1-3,6-8H2,(H,27,29)(H,31,32)/b20-11-/t14-,16-/m1/s1. The van der Waals surface area contributed by atoms with Crippen molar-refractivity contribution in [1.82, 2.24) is 10.2 Å². The fourth-order valence-electron chi connectivity index (χ4n) is 4.14. The Morgan fingerprint density at radius 3 is 2.74 bits per heavy atom. The number of hydrogen-bond acceptors (Lipinski definition) is 6. The molecule has 2 aliphatic rings. The highest BCUT2D eigenvalue weighted by Gasteiger charge is 2.33. The molecular formula is C24H22F2N2O4S3. The molecule has 1 saturated carbocycles. The van der Waals surface area contributed by atoms with Crippen molar-refractivity contribution in [3.63, 3.8) is 0 Å². The Balaban J connectivity index is 1.34. The van der Waals surface area contributed by atoms with E-state index in [1.807, 2.05) is 0 Å². The number of carboxylic acid groups (broad SMARTS) is 1. The number of carbonyl (C=O) groups is 3. The summed E-state index contributed by atoms with van der Waals surface area (Å²) in [5, 5.41) is 13.9. The zero-order chi connectivity index (χ0) is 25.1. The summed E-state index contributed by atoms with van der Waals surface area (Å²) in [5.74, 6) is -3.65. The Bertz CT molecular complexity index is 1210. The molecule has 0 bridgehead atoms.